The van der Waals surface area contributed by atoms with Crippen LogP contribution in [-0.4, -0.2) is 141 Å². The van der Waals surface area contributed by atoms with E-state index >= 15 is 0 Å². The number of hydrogen-bond acceptors (Lipinski definition) is 16. The van der Waals surface area contributed by atoms with Gasteiger partial charge in [-0.2, -0.15) is 5.10 Å². The summed E-state index contributed by atoms with van der Waals surface area (Å²) >= 11 is 0. The van der Waals surface area contributed by atoms with Crippen LogP contribution in [-0.2, 0) is 21.4 Å². The van der Waals surface area contributed by atoms with Crippen molar-refractivity contribution in [2.75, 3.05) is 41.2 Å². The number of rotatable bonds is 15. The van der Waals surface area contributed by atoms with Gasteiger partial charge >= 0.3 is 0 Å². The van der Waals surface area contributed by atoms with Gasteiger partial charge in [0.25, 0.3) is 17.7 Å². The summed E-state index contributed by atoms with van der Waals surface area (Å²) in [5.74, 6) is 16.6. The molecule has 8 aromatic rings. The minimum Gasteiger partial charge on any atom is -0.508 e. The maximum atomic E-state index is 14.1. The van der Waals surface area contributed by atoms with Crippen LogP contribution in [0.4, 0.5) is 30.2 Å². The number of ether oxygens (including phenoxy) is 6. The van der Waals surface area contributed by atoms with Crippen molar-refractivity contribution in [2.45, 2.75) is 89.7 Å². The van der Waals surface area contributed by atoms with Crippen molar-refractivity contribution in [3.63, 3.8) is 0 Å². The van der Waals surface area contributed by atoms with Gasteiger partial charge in [-0.1, -0.05) is 50.4 Å². The van der Waals surface area contributed by atoms with E-state index in [0.717, 1.165) is 5.56 Å². The fraction of sp³-hybridized carbons (Fsp3) is 0.343. The highest BCUT2D eigenvalue weighted by Crippen LogP contribution is 2.41. The first-order chi connectivity index (χ1) is 46.4. The highest BCUT2D eigenvalue weighted by Gasteiger charge is 2.44. The fourth-order valence-corrected chi connectivity index (χ4v) is 11.2. The van der Waals surface area contributed by atoms with E-state index in [0.29, 0.717) is 108 Å². The van der Waals surface area contributed by atoms with Gasteiger partial charge in [0.15, 0.2) is 18.5 Å². The molecule has 4 N–H and O–H groups in total. The normalized spacial score (nSPS) is 20.0. The second-order valence-electron chi connectivity index (χ2n) is 22.1. The Hall–Kier alpha value is -11.7. The topological polar surface area (TPSA) is 258 Å². The fourth-order valence-electron chi connectivity index (χ4n) is 11.2. The van der Waals surface area contributed by atoms with E-state index in [1.165, 1.54) is 33.7 Å². The molecule has 3 aromatic carbocycles. The molecule has 3 saturated heterocycles. The zero-order valence-corrected chi connectivity index (χ0v) is 53.3. The summed E-state index contributed by atoms with van der Waals surface area (Å²) < 4.78 is 77.7. The third kappa shape index (κ3) is 15.3. The standard InChI is InChI=1S/C24H22FN5O3.C24H20FN5O3.C22H22FN3O4/c1-5-16-20(29-23(31)22(16)25)13-33-24-18-9-21(32-4)19(26-2)8-17(18)15(11-27-24)7-6-14-10-28-30(3)12-14;1-4-15-19(30-23(31)22(15)25)13-33-24-17-11-20(32-3)18(26-2)10-16(17)14(12-29-24)6-7-21-27-8-5-9-28-21;1-5-14-18(26-21(28)20(14)23)11-30-22-16-9-19(29-4)17(24-3)8-15(16)13(10-25-22)7-6-12(2)27/h8-12,16,20,22H,5,13H2,1,3-4H3,(H,29,31);5,8-12,15,19,22H,4,13H2,1,3H3,(H,30,31);8-10,12,14,18,20,27H,5,11H2,1-2,4H3,(H,26,28)/t16-,20+,22-;15-,19+,22-;12-,14-,18+,20-/m000/s1. The number of nitrogens with zero attached hydrogens (tertiary/aromatic N) is 10. The maximum absolute atomic E-state index is 14.1. The monoisotopic (exact) mass is 1300 g/mol. The Balaban J connectivity index is 0.000000169. The summed E-state index contributed by atoms with van der Waals surface area (Å²) in [7, 11) is 6.23. The third-order valence-corrected chi connectivity index (χ3v) is 16.2. The molecule has 3 amide bonds. The van der Waals surface area contributed by atoms with Crippen LogP contribution < -0.4 is 44.4 Å². The van der Waals surface area contributed by atoms with Gasteiger partial charge in [-0.05, 0) is 90.7 Å². The van der Waals surface area contributed by atoms with Gasteiger partial charge < -0.3 is 49.5 Å². The van der Waals surface area contributed by atoms with Gasteiger partial charge in [0, 0.05) is 83.7 Å². The minimum absolute atomic E-state index is 0.0539. The summed E-state index contributed by atoms with van der Waals surface area (Å²) in [5, 5.41) is 25.2. The molecule has 96 heavy (non-hydrogen) atoms. The molecule has 26 heteroatoms. The number of hydrogen-bond donors (Lipinski definition) is 4. The molecular formula is C70H64F3N13O10. The number of carbonyl (C=O) groups excluding carboxylic acids is 3. The van der Waals surface area contributed by atoms with Crippen molar-refractivity contribution >= 4 is 67.1 Å². The van der Waals surface area contributed by atoms with E-state index in [1.807, 2.05) is 27.8 Å². The highest BCUT2D eigenvalue weighted by atomic mass is 19.1. The van der Waals surface area contributed by atoms with E-state index in [1.54, 1.807) is 85.1 Å². The number of aryl methyl sites for hydroxylation is 1. The van der Waals surface area contributed by atoms with Crippen molar-refractivity contribution in [3.05, 3.63) is 148 Å². The number of fused-ring (bicyclic) bond motifs is 3. The van der Waals surface area contributed by atoms with Gasteiger partial charge in [-0.3, -0.25) is 19.1 Å². The smallest absolute Gasteiger partial charge is 0.255 e. The second-order valence-corrected chi connectivity index (χ2v) is 22.1. The van der Waals surface area contributed by atoms with Crippen molar-refractivity contribution in [1.29, 1.82) is 0 Å². The lowest BCUT2D eigenvalue weighted by Gasteiger charge is -2.19. The molecule has 490 valence electrons. The average Bonchev–Trinajstić information content (AvgIpc) is 1.37. The molecule has 11 rings (SSSR count). The van der Waals surface area contributed by atoms with Gasteiger partial charge in [-0.15, -0.1) is 0 Å². The zero-order valence-electron chi connectivity index (χ0n) is 53.3. The van der Waals surface area contributed by atoms with Crippen LogP contribution in [0.2, 0.25) is 0 Å². The van der Waals surface area contributed by atoms with Crippen molar-refractivity contribution in [1.82, 2.24) is 50.7 Å². The lowest BCUT2D eigenvalue weighted by molar-refractivity contribution is -0.124. The maximum Gasteiger partial charge on any atom is 0.255 e. The van der Waals surface area contributed by atoms with Gasteiger partial charge in [0.2, 0.25) is 40.5 Å². The average molecular weight is 1300 g/mol. The van der Waals surface area contributed by atoms with Crippen LogP contribution in [0.5, 0.6) is 34.9 Å². The molecule has 10 atom stereocenters. The molecule has 0 saturated carbocycles. The predicted octanol–water partition coefficient (Wildman–Crippen LogP) is 9.16. The van der Waals surface area contributed by atoms with Crippen LogP contribution in [0.3, 0.4) is 0 Å². The van der Waals surface area contributed by atoms with E-state index in [9.17, 15) is 32.7 Å². The Morgan fingerprint density at radius 2 is 0.906 bits per heavy atom. The Morgan fingerprint density at radius 1 is 0.542 bits per heavy atom. The van der Waals surface area contributed by atoms with Crippen molar-refractivity contribution in [3.8, 4) is 70.4 Å². The number of carbonyl (C=O) groups is 3. The Bertz CT molecular complexity index is 4600. The first kappa shape index (κ1) is 68.7. The molecule has 23 nitrogen and oxygen atoms in total. The number of halogens is 3. The molecule has 0 bridgehead atoms. The number of nitrogens with one attached hydrogen (secondary N) is 3. The molecule has 0 aliphatic carbocycles. The molecule has 3 aliphatic rings. The number of aliphatic hydroxyl groups excluding tert-OH is 1. The van der Waals surface area contributed by atoms with Crippen LogP contribution >= 0.6 is 0 Å². The van der Waals surface area contributed by atoms with E-state index in [2.05, 4.69) is 96.0 Å². The van der Waals surface area contributed by atoms with Gasteiger partial charge in [0.1, 0.15) is 43.2 Å². The molecule has 5 aromatic heterocycles. The molecule has 0 spiro atoms. The van der Waals surface area contributed by atoms with E-state index in [-0.39, 0.29) is 37.5 Å². The molecule has 3 aliphatic heterocycles. The molecule has 0 unspecified atom stereocenters. The van der Waals surface area contributed by atoms with Gasteiger partial charge in [-0.25, -0.2) is 52.6 Å². The summed E-state index contributed by atoms with van der Waals surface area (Å²) in [6.45, 7) is 29.5. The number of benzene rings is 3. The quantitative estimate of drug-likeness (QED) is 0.0551. The molecule has 8 heterocycles. The zero-order chi connectivity index (χ0) is 68.7. The highest BCUT2D eigenvalue weighted by molar-refractivity contribution is 5.98. The number of aliphatic hydroxyl groups is 1. The number of pyridine rings is 3. The number of methoxy groups -OCH3 is 3. The van der Waals surface area contributed by atoms with E-state index < -0.39 is 78.2 Å². The number of amides is 3. The van der Waals surface area contributed by atoms with Crippen LogP contribution in [0.15, 0.2) is 85.8 Å². The Kier molecular flexibility index (Phi) is 22.4. The van der Waals surface area contributed by atoms with Crippen LogP contribution in [0, 0.1) is 73.0 Å². The lowest BCUT2D eigenvalue weighted by Crippen LogP contribution is -2.34. The second kappa shape index (κ2) is 31.3. The van der Waals surface area contributed by atoms with Gasteiger partial charge in [0.05, 0.1) is 82.1 Å². The summed E-state index contributed by atoms with van der Waals surface area (Å²) in [6, 6.07) is 10.3. The van der Waals surface area contributed by atoms with Crippen LogP contribution in [0.25, 0.3) is 46.9 Å². The summed E-state index contributed by atoms with van der Waals surface area (Å²) in [4.78, 5) is 67.0. The minimum atomic E-state index is -1.55. The number of alkyl halides is 3. The Labute approximate surface area is 550 Å². The summed E-state index contributed by atoms with van der Waals surface area (Å²) in [5.41, 5.74) is 3.39. The van der Waals surface area contributed by atoms with Crippen molar-refractivity contribution < 1.29 is 61.1 Å². The van der Waals surface area contributed by atoms with E-state index in [4.69, 9.17) is 48.1 Å². The first-order valence-corrected chi connectivity index (χ1v) is 30.2. The molecule has 3 fully saturated rings. The largest absolute Gasteiger partial charge is 0.508 e. The predicted molar refractivity (Wildman–Crippen MR) is 348 cm³/mol. The van der Waals surface area contributed by atoms with Crippen molar-refractivity contribution in [2.24, 2.45) is 24.8 Å². The molecular weight excluding hydrogens is 1240 g/mol. The first-order valence-electron chi connectivity index (χ1n) is 30.2. The lowest BCUT2D eigenvalue weighted by atomic mass is 9.97. The van der Waals surface area contributed by atoms with Crippen LogP contribution in [0.1, 0.15) is 75.0 Å². The molecule has 0 radical (unpaired) electrons. The number of aromatic nitrogens is 7. The third-order valence-electron chi connectivity index (χ3n) is 16.2. The SMILES string of the molecule is [C-]#[N+]c1cc2c(C#C[C@H](C)O)cnc(OC[C@H]3NC(=O)[C@@H](F)[C@H]3CC)c2cc1OC.[C-]#[N+]c1cc2c(C#Cc3cnn(C)c3)cnc(OC[C@H]3NC(=O)[C@@H](F)[C@H]3CC)c2cc1OC.[C-]#[N+]c1cc2c(C#Cc3ncccn3)cnc(OC[C@H]3NC(=O)[C@@H](F)[C@H]3CC)c2cc1OC. The summed E-state index contributed by atoms with van der Waals surface area (Å²) in [6.07, 6.45) is 7.30. The Morgan fingerprint density at radius 3 is 1.23 bits per heavy atom.